The van der Waals surface area contributed by atoms with Crippen molar-refractivity contribution in [2.45, 2.75) is 33.2 Å². The van der Waals surface area contributed by atoms with Gasteiger partial charge in [0.15, 0.2) is 11.5 Å². The number of hydrogen-bond acceptors (Lipinski definition) is 9. The molecule has 2 N–H and O–H groups in total. The molecule has 3 aromatic heterocycles. The van der Waals surface area contributed by atoms with Crippen LogP contribution in [-0.2, 0) is 16.0 Å². The maximum absolute atomic E-state index is 13.3. The third-order valence-electron chi connectivity index (χ3n) is 5.34. The van der Waals surface area contributed by atoms with Gasteiger partial charge in [-0.15, -0.1) is 0 Å². The van der Waals surface area contributed by atoms with Crippen LogP contribution in [-0.4, -0.2) is 72.7 Å². The normalized spacial score (nSPS) is 11.2. The average molecular weight is 485 g/mol. The van der Waals surface area contributed by atoms with Gasteiger partial charge in [-0.25, -0.2) is 15.0 Å². The summed E-state index contributed by atoms with van der Waals surface area (Å²) in [5.74, 6) is 0.836. The van der Waals surface area contributed by atoms with Crippen LogP contribution in [0.15, 0.2) is 35.4 Å². The number of ether oxygens (including phenoxy) is 3. The van der Waals surface area contributed by atoms with Gasteiger partial charge in [-0.3, -0.25) is 9.36 Å². The summed E-state index contributed by atoms with van der Waals surface area (Å²) in [6, 6.07) is 5.63. The van der Waals surface area contributed by atoms with Crippen LogP contribution in [0, 0.1) is 0 Å². The predicted octanol–water partition coefficient (Wildman–Crippen LogP) is 2.72. The van der Waals surface area contributed by atoms with E-state index in [0.29, 0.717) is 55.8 Å². The van der Waals surface area contributed by atoms with Crippen molar-refractivity contribution >= 4 is 17.0 Å². The topological polar surface area (TPSA) is 112 Å². The van der Waals surface area contributed by atoms with E-state index in [1.807, 2.05) is 19.1 Å². The zero-order valence-corrected chi connectivity index (χ0v) is 20.9. The molecule has 0 spiro atoms. The number of hydrogen-bond donors (Lipinski definition) is 2. The lowest BCUT2D eigenvalue weighted by atomic mass is 10.1. The highest BCUT2D eigenvalue weighted by molar-refractivity contribution is 5.78. The van der Waals surface area contributed by atoms with Crippen molar-refractivity contribution in [2.24, 2.45) is 0 Å². The summed E-state index contributed by atoms with van der Waals surface area (Å²) in [5, 5.41) is 6.51. The highest BCUT2D eigenvalue weighted by Crippen LogP contribution is 2.23. The van der Waals surface area contributed by atoms with Gasteiger partial charge in [0.2, 0.25) is 5.88 Å². The molecule has 0 aliphatic carbocycles. The molecule has 3 rings (SSSR count). The van der Waals surface area contributed by atoms with Gasteiger partial charge in [0.1, 0.15) is 0 Å². The fourth-order valence-corrected chi connectivity index (χ4v) is 3.52. The van der Waals surface area contributed by atoms with Gasteiger partial charge in [0.05, 0.1) is 25.8 Å². The smallest absolute Gasteiger partial charge is 0.293 e. The molecule has 10 heteroatoms. The zero-order chi connectivity index (χ0) is 24.9. The Morgan fingerprint density at radius 1 is 0.971 bits per heavy atom. The maximum Gasteiger partial charge on any atom is 0.293 e. The third-order valence-corrected chi connectivity index (χ3v) is 5.34. The van der Waals surface area contributed by atoms with E-state index in [0.717, 1.165) is 43.7 Å². The third kappa shape index (κ3) is 7.71. The summed E-state index contributed by atoms with van der Waals surface area (Å²) in [4.78, 5) is 26.7. The van der Waals surface area contributed by atoms with Gasteiger partial charge >= 0.3 is 0 Å². The molecule has 10 nitrogen and oxygen atoms in total. The van der Waals surface area contributed by atoms with Crippen LogP contribution in [0.1, 0.15) is 26.7 Å². The van der Waals surface area contributed by atoms with Crippen molar-refractivity contribution in [1.29, 1.82) is 0 Å². The molecule has 0 fully saturated rings. The standard InChI is InChI=1S/C25H36N6O4/c1-4-13-35-15-12-31-21-16-20(19-7-8-22(33-3)28-17-19)18-29-23(21)30-24(25(31)32)27-10-6-9-26-11-14-34-5-2/h7-8,16-18,26H,4-6,9-15H2,1-3H3,(H,27,29,30). The van der Waals surface area contributed by atoms with Crippen molar-refractivity contribution in [3.63, 3.8) is 0 Å². The van der Waals surface area contributed by atoms with E-state index >= 15 is 0 Å². The predicted molar refractivity (Wildman–Crippen MR) is 137 cm³/mol. The number of anilines is 1. The number of methoxy groups -OCH3 is 1. The first-order chi connectivity index (χ1) is 17.2. The summed E-state index contributed by atoms with van der Waals surface area (Å²) < 4.78 is 17.8. The molecule has 3 heterocycles. The number of fused-ring (bicyclic) bond motifs is 1. The largest absolute Gasteiger partial charge is 0.481 e. The average Bonchev–Trinajstić information content (AvgIpc) is 2.89. The van der Waals surface area contributed by atoms with Crippen LogP contribution in [0.25, 0.3) is 22.3 Å². The molecule has 35 heavy (non-hydrogen) atoms. The molecule has 0 aliphatic heterocycles. The first kappa shape index (κ1) is 26.5. The van der Waals surface area contributed by atoms with E-state index in [4.69, 9.17) is 14.2 Å². The van der Waals surface area contributed by atoms with E-state index in [9.17, 15) is 4.79 Å². The first-order valence-electron chi connectivity index (χ1n) is 12.2. The summed E-state index contributed by atoms with van der Waals surface area (Å²) in [6.45, 7) is 9.21. The van der Waals surface area contributed by atoms with E-state index in [1.54, 1.807) is 30.1 Å². The molecule has 0 bridgehead atoms. The lowest BCUT2D eigenvalue weighted by Gasteiger charge is -2.14. The van der Waals surface area contributed by atoms with Gasteiger partial charge in [-0.2, -0.15) is 0 Å². The van der Waals surface area contributed by atoms with Crippen molar-refractivity contribution in [3.05, 3.63) is 40.9 Å². The quantitative estimate of drug-likeness (QED) is 0.296. The molecule has 0 radical (unpaired) electrons. The Hall–Kier alpha value is -3.08. The molecule has 0 saturated carbocycles. The number of pyridine rings is 2. The first-order valence-corrected chi connectivity index (χ1v) is 12.2. The molecule has 0 saturated heterocycles. The highest BCUT2D eigenvalue weighted by atomic mass is 16.5. The molecular formula is C25H36N6O4. The van der Waals surface area contributed by atoms with Crippen molar-refractivity contribution in [3.8, 4) is 17.0 Å². The minimum atomic E-state index is -0.186. The monoisotopic (exact) mass is 484 g/mol. The van der Waals surface area contributed by atoms with Crippen LogP contribution in [0.2, 0.25) is 0 Å². The second-order valence-corrected chi connectivity index (χ2v) is 7.91. The number of rotatable bonds is 16. The molecule has 3 aromatic rings. The molecule has 0 aromatic carbocycles. The molecule has 0 aliphatic rings. The SMILES string of the molecule is CCCOCCn1c(=O)c(NCCCNCCOCC)nc2ncc(-c3ccc(OC)nc3)cc21. The van der Waals surface area contributed by atoms with Crippen LogP contribution < -0.4 is 20.9 Å². The van der Waals surface area contributed by atoms with E-state index < -0.39 is 0 Å². The molecular weight excluding hydrogens is 448 g/mol. The number of aromatic nitrogens is 4. The summed E-state index contributed by atoms with van der Waals surface area (Å²) in [6.07, 6.45) is 5.24. The Balaban J connectivity index is 1.79. The Morgan fingerprint density at radius 3 is 2.57 bits per heavy atom. The summed E-state index contributed by atoms with van der Waals surface area (Å²) in [5.41, 5.74) is 2.69. The fraction of sp³-hybridized carbons (Fsp3) is 0.520. The minimum Gasteiger partial charge on any atom is -0.481 e. The Kier molecular flexibility index (Phi) is 10.9. The summed E-state index contributed by atoms with van der Waals surface area (Å²) in [7, 11) is 1.58. The van der Waals surface area contributed by atoms with Gasteiger partial charge in [-0.1, -0.05) is 6.92 Å². The summed E-state index contributed by atoms with van der Waals surface area (Å²) >= 11 is 0. The lowest BCUT2D eigenvalue weighted by molar-refractivity contribution is 0.127. The molecule has 190 valence electrons. The highest BCUT2D eigenvalue weighted by Gasteiger charge is 2.13. The molecule has 0 amide bonds. The van der Waals surface area contributed by atoms with Crippen LogP contribution >= 0.6 is 0 Å². The van der Waals surface area contributed by atoms with E-state index in [1.165, 1.54) is 0 Å². The lowest BCUT2D eigenvalue weighted by Crippen LogP contribution is -2.28. The Labute approximate surface area is 206 Å². The molecule has 0 unspecified atom stereocenters. The second kappa shape index (κ2) is 14.3. The van der Waals surface area contributed by atoms with Gasteiger partial charge in [0.25, 0.3) is 5.56 Å². The van der Waals surface area contributed by atoms with Gasteiger partial charge in [0, 0.05) is 62.4 Å². The van der Waals surface area contributed by atoms with Crippen molar-refractivity contribution in [1.82, 2.24) is 24.8 Å². The number of nitrogens with zero attached hydrogens (tertiary/aromatic N) is 4. The van der Waals surface area contributed by atoms with Crippen LogP contribution in [0.3, 0.4) is 0 Å². The Bertz CT molecular complexity index is 1100. The van der Waals surface area contributed by atoms with Crippen LogP contribution in [0.4, 0.5) is 5.82 Å². The maximum atomic E-state index is 13.3. The fourth-order valence-electron chi connectivity index (χ4n) is 3.52. The van der Waals surface area contributed by atoms with E-state index in [2.05, 4.69) is 32.5 Å². The van der Waals surface area contributed by atoms with Crippen molar-refractivity contribution < 1.29 is 14.2 Å². The second-order valence-electron chi connectivity index (χ2n) is 7.91. The van der Waals surface area contributed by atoms with Crippen LogP contribution in [0.5, 0.6) is 5.88 Å². The zero-order valence-electron chi connectivity index (χ0n) is 20.9. The van der Waals surface area contributed by atoms with Gasteiger partial charge in [-0.05, 0) is 38.4 Å². The molecule has 0 atom stereocenters. The van der Waals surface area contributed by atoms with Crippen molar-refractivity contribution in [2.75, 3.05) is 58.5 Å². The van der Waals surface area contributed by atoms with E-state index in [-0.39, 0.29) is 5.56 Å². The number of nitrogens with one attached hydrogen (secondary N) is 2. The minimum absolute atomic E-state index is 0.186. The Morgan fingerprint density at radius 2 is 1.83 bits per heavy atom. The van der Waals surface area contributed by atoms with Gasteiger partial charge < -0.3 is 24.8 Å².